The molecule has 2 rings (SSSR count). The zero-order valence-electron chi connectivity index (χ0n) is 12.8. The first-order valence-corrected chi connectivity index (χ1v) is 7.75. The fraction of sp³-hybridized carbons (Fsp3) is 0.800. The molecule has 0 radical (unpaired) electrons. The molecule has 0 amide bonds. The summed E-state index contributed by atoms with van der Waals surface area (Å²) in [5.41, 5.74) is 5.15. The van der Waals surface area contributed by atoms with Crippen LogP contribution in [0.15, 0.2) is 6.07 Å². The van der Waals surface area contributed by atoms with E-state index in [1.54, 1.807) is 0 Å². The summed E-state index contributed by atoms with van der Waals surface area (Å²) in [6.07, 6.45) is 7.35. The van der Waals surface area contributed by atoms with Gasteiger partial charge >= 0.3 is 0 Å². The summed E-state index contributed by atoms with van der Waals surface area (Å²) in [4.78, 5) is 0. The number of aromatic nitrogens is 2. The van der Waals surface area contributed by atoms with Crippen molar-refractivity contribution in [3.8, 4) is 0 Å². The van der Waals surface area contributed by atoms with Crippen molar-refractivity contribution in [2.45, 2.75) is 51.5 Å². The van der Waals surface area contributed by atoms with Crippen LogP contribution >= 0.6 is 0 Å². The highest BCUT2D eigenvalue weighted by atomic mass is 16.5. The Morgan fingerprint density at radius 2 is 2.20 bits per heavy atom. The second kappa shape index (κ2) is 7.76. The fourth-order valence-corrected chi connectivity index (χ4v) is 3.09. The highest BCUT2D eigenvalue weighted by Crippen LogP contribution is 2.24. The van der Waals surface area contributed by atoms with E-state index in [-0.39, 0.29) is 6.04 Å². The van der Waals surface area contributed by atoms with Crippen LogP contribution in [0, 0.1) is 12.8 Å². The minimum absolute atomic E-state index is 0.205. The standard InChI is InChI=1S/C15H28N4O/c1-12-11-15(19(2)18-12)14(17-16)6-4-3-5-13-7-9-20-10-8-13/h11,13-14,17H,3-10,16H2,1-2H3. The number of rotatable bonds is 7. The monoisotopic (exact) mass is 280 g/mol. The first kappa shape index (κ1) is 15.5. The van der Waals surface area contributed by atoms with E-state index in [1.807, 2.05) is 18.7 Å². The summed E-state index contributed by atoms with van der Waals surface area (Å²) in [5.74, 6) is 6.57. The lowest BCUT2D eigenvalue weighted by atomic mass is 9.93. The van der Waals surface area contributed by atoms with Gasteiger partial charge in [-0.2, -0.15) is 5.10 Å². The molecule has 1 aromatic heterocycles. The largest absolute Gasteiger partial charge is 0.381 e. The molecule has 0 spiro atoms. The van der Waals surface area contributed by atoms with Crippen molar-refractivity contribution in [2.75, 3.05) is 13.2 Å². The Bertz CT molecular complexity index is 399. The summed E-state index contributed by atoms with van der Waals surface area (Å²) < 4.78 is 7.33. The Kier molecular flexibility index (Phi) is 6.01. The topological polar surface area (TPSA) is 65.1 Å². The molecule has 1 aliphatic rings. The second-order valence-corrected chi connectivity index (χ2v) is 5.89. The molecule has 1 unspecified atom stereocenters. The molecule has 0 saturated carbocycles. The van der Waals surface area contributed by atoms with Gasteiger partial charge in [0.25, 0.3) is 0 Å². The molecule has 1 saturated heterocycles. The number of hydrogen-bond donors (Lipinski definition) is 2. The molecule has 1 atom stereocenters. The normalized spacial score (nSPS) is 18.4. The van der Waals surface area contributed by atoms with Crippen molar-refractivity contribution < 1.29 is 4.74 Å². The molecule has 0 bridgehead atoms. The summed E-state index contributed by atoms with van der Waals surface area (Å²) >= 11 is 0. The van der Waals surface area contributed by atoms with Gasteiger partial charge in [0.05, 0.1) is 17.4 Å². The first-order valence-electron chi connectivity index (χ1n) is 7.75. The highest BCUT2D eigenvalue weighted by Gasteiger charge is 2.16. The average molecular weight is 280 g/mol. The Hall–Kier alpha value is -0.910. The predicted molar refractivity (Wildman–Crippen MR) is 80.0 cm³/mol. The van der Waals surface area contributed by atoms with Crippen LogP contribution in [0.3, 0.4) is 0 Å². The predicted octanol–water partition coefficient (Wildman–Crippen LogP) is 2.22. The highest BCUT2D eigenvalue weighted by molar-refractivity contribution is 5.12. The third-order valence-electron chi connectivity index (χ3n) is 4.29. The molecular weight excluding hydrogens is 252 g/mol. The third-order valence-corrected chi connectivity index (χ3v) is 4.29. The van der Waals surface area contributed by atoms with Crippen molar-refractivity contribution in [2.24, 2.45) is 18.8 Å². The lowest BCUT2D eigenvalue weighted by molar-refractivity contribution is 0.0630. The number of ether oxygens (including phenoxy) is 1. The molecule has 5 nitrogen and oxygen atoms in total. The summed E-state index contributed by atoms with van der Waals surface area (Å²) in [6, 6.07) is 2.32. The molecule has 1 aliphatic heterocycles. The smallest absolute Gasteiger partial charge is 0.0629 e. The number of hydrogen-bond acceptors (Lipinski definition) is 4. The SMILES string of the molecule is Cc1cc(C(CCCCC2CCOCC2)NN)n(C)n1. The minimum Gasteiger partial charge on any atom is -0.381 e. The number of nitrogens with zero attached hydrogens (tertiary/aromatic N) is 2. The van der Waals surface area contributed by atoms with Crippen LogP contribution in [0.25, 0.3) is 0 Å². The number of aryl methyl sites for hydroxylation is 2. The van der Waals surface area contributed by atoms with Crippen molar-refractivity contribution in [3.63, 3.8) is 0 Å². The zero-order valence-corrected chi connectivity index (χ0v) is 12.8. The maximum absolute atomic E-state index is 5.70. The molecule has 3 N–H and O–H groups in total. The molecule has 0 aliphatic carbocycles. The molecule has 1 aromatic rings. The Balaban J connectivity index is 1.72. The van der Waals surface area contributed by atoms with Crippen molar-refractivity contribution in [3.05, 3.63) is 17.5 Å². The fourth-order valence-electron chi connectivity index (χ4n) is 3.09. The minimum atomic E-state index is 0.205. The molecular formula is C15H28N4O. The average Bonchev–Trinajstić information content (AvgIpc) is 2.79. The van der Waals surface area contributed by atoms with Gasteiger partial charge in [-0.25, -0.2) is 0 Å². The molecule has 5 heteroatoms. The number of unbranched alkanes of at least 4 members (excludes halogenated alkanes) is 1. The van der Waals surface area contributed by atoms with Gasteiger partial charge in [0.15, 0.2) is 0 Å². The molecule has 1 fully saturated rings. The van der Waals surface area contributed by atoms with Crippen LogP contribution < -0.4 is 11.3 Å². The third kappa shape index (κ3) is 4.30. The lowest BCUT2D eigenvalue weighted by Crippen LogP contribution is -2.29. The van der Waals surface area contributed by atoms with Gasteiger partial charge in [-0.05, 0) is 38.2 Å². The number of nitrogens with one attached hydrogen (secondary N) is 1. The number of hydrazine groups is 1. The summed E-state index contributed by atoms with van der Waals surface area (Å²) in [7, 11) is 1.98. The quantitative estimate of drug-likeness (QED) is 0.456. The molecule has 114 valence electrons. The Morgan fingerprint density at radius 3 is 2.80 bits per heavy atom. The lowest BCUT2D eigenvalue weighted by Gasteiger charge is -2.22. The van der Waals surface area contributed by atoms with E-state index in [4.69, 9.17) is 10.6 Å². The van der Waals surface area contributed by atoms with Gasteiger partial charge in [-0.15, -0.1) is 0 Å². The van der Waals surface area contributed by atoms with Crippen LogP contribution in [0.4, 0.5) is 0 Å². The van der Waals surface area contributed by atoms with E-state index < -0.39 is 0 Å². The maximum Gasteiger partial charge on any atom is 0.0629 e. The van der Waals surface area contributed by atoms with Gasteiger partial charge in [0.2, 0.25) is 0 Å². The van der Waals surface area contributed by atoms with E-state index >= 15 is 0 Å². The van der Waals surface area contributed by atoms with Gasteiger partial charge < -0.3 is 4.74 Å². The van der Waals surface area contributed by atoms with Crippen molar-refractivity contribution in [1.82, 2.24) is 15.2 Å². The van der Waals surface area contributed by atoms with E-state index in [9.17, 15) is 0 Å². The maximum atomic E-state index is 5.70. The zero-order chi connectivity index (χ0) is 14.4. The van der Waals surface area contributed by atoms with E-state index in [1.165, 1.54) is 37.8 Å². The molecule has 2 heterocycles. The molecule has 20 heavy (non-hydrogen) atoms. The van der Waals surface area contributed by atoms with Crippen LogP contribution in [0.5, 0.6) is 0 Å². The van der Waals surface area contributed by atoms with Crippen LogP contribution in [-0.4, -0.2) is 23.0 Å². The molecule has 0 aromatic carbocycles. The van der Waals surface area contributed by atoms with Gasteiger partial charge in [-0.1, -0.05) is 19.3 Å². The Labute approximate surface area is 121 Å². The van der Waals surface area contributed by atoms with Crippen LogP contribution in [0.2, 0.25) is 0 Å². The second-order valence-electron chi connectivity index (χ2n) is 5.89. The van der Waals surface area contributed by atoms with Crippen LogP contribution in [0.1, 0.15) is 56.0 Å². The Morgan fingerprint density at radius 1 is 1.45 bits per heavy atom. The van der Waals surface area contributed by atoms with Gasteiger partial charge in [0.1, 0.15) is 0 Å². The van der Waals surface area contributed by atoms with Gasteiger partial charge in [-0.3, -0.25) is 16.0 Å². The van der Waals surface area contributed by atoms with Gasteiger partial charge in [0, 0.05) is 20.3 Å². The summed E-state index contributed by atoms with van der Waals surface area (Å²) in [6.45, 7) is 3.92. The van der Waals surface area contributed by atoms with Crippen molar-refractivity contribution >= 4 is 0 Å². The van der Waals surface area contributed by atoms with E-state index in [2.05, 4.69) is 16.6 Å². The van der Waals surface area contributed by atoms with Crippen LogP contribution in [-0.2, 0) is 11.8 Å². The first-order chi connectivity index (χ1) is 9.70. The number of nitrogens with two attached hydrogens (primary N) is 1. The van der Waals surface area contributed by atoms with Crippen molar-refractivity contribution in [1.29, 1.82) is 0 Å². The summed E-state index contributed by atoms with van der Waals surface area (Å²) in [5, 5.41) is 4.39. The van der Waals surface area contributed by atoms with E-state index in [0.717, 1.165) is 31.2 Å². The van der Waals surface area contributed by atoms with E-state index in [0.29, 0.717) is 0 Å².